The lowest BCUT2D eigenvalue weighted by Gasteiger charge is -2.32. The zero-order valence-electron chi connectivity index (χ0n) is 15.7. The summed E-state index contributed by atoms with van der Waals surface area (Å²) in [5.74, 6) is 0.0462. The standard InChI is InChI=1S/C15H27N3O3.C2H6/c1-16(2)11-18(5)14(19)13-9-7-6-8-12(13)10-21-15(20)17(3)4;1-2/h6-7,12-13H,8-11H2,1-5H3;1-2H3. The number of amides is 2. The fourth-order valence-corrected chi connectivity index (χ4v) is 2.44. The zero-order chi connectivity index (χ0) is 18.0. The van der Waals surface area contributed by atoms with Crippen molar-refractivity contribution in [3.8, 4) is 0 Å². The molecule has 1 rings (SSSR count). The lowest BCUT2D eigenvalue weighted by atomic mass is 9.82. The molecule has 0 heterocycles. The summed E-state index contributed by atoms with van der Waals surface area (Å²) in [7, 11) is 8.97. The van der Waals surface area contributed by atoms with Crippen LogP contribution < -0.4 is 0 Å². The summed E-state index contributed by atoms with van der Waals surface area (Å²) in [6.45, 7) is 4.87. The lowest BCUT2D eigenvalue weighted by molar-refractivity contribution is -0.138. The van der Waals surface area contributed by atoms with Crippen LogP contribution in [0.1, 0.15) is 26.7 Å². The number of ether oxygens (including phenoxy) is 1. The van der Waals surface area contributed by atoms with Crippen LogP contribution in [0.3, 0.4) is 0 Å². The molecule has 0 fully saturated rings. The van der Waals surface area contributed by atoms with Gasteiger partial charge < -0.3 is 14.5 Å². The third-order valence-electron chi connectivity index (χ3n) is 3.54. The Hall–Kier alpha value is -1.56. The number of carbonyl (C=O) groups is 2. The Kier molecular flexibility index (Phi) is 10.3. The smallest absolute Gasteiger partial charge is 0.409 e. The van der Waals surface area contributed by atoms with E-state index >= 15 is 0 Å². The third kappa shape index (κ3) is 7.50. The molecule has 0 saturated carbocycles. The summed E-state index contributed by atoms with van der Waals surface area (Å²) in [6.07, 6.45) is 5.21. The highest BCUT2D eigenvalue weighted by atomic mass is 16.6. The van der Waals surface area contributed by atoms with Gasteiger partial charge in [0.25, 0.3) is 0 Å². The molecule has 0 aromatic rings. The normalized spacial score (nSPS) is 19.7. The average Bonchev–Trinajstić information content (AvgIpc) is 2.53. The second-order valence-corrected chi connectivity index (χ2v) is 6.04. The van der Waals surface area contributed by atoms with Crippen molar-refractivity contribution >= 4 is 12.0 Å². The van der Waals surface area contributed by atoms with Gasteiger partial charge in [0.1, 0.15) is 0 Å². The van der Waals surface area contributed by atoms with Crippen LogP contribution in [-0.2, 0) is 9.53 Å². The maximum Gasteiger partial charge on any atom is 0.409 e. The van der Waals surface area contributed by atoms with Gasteiger partial charge in [-0.2, -0.15) is 0 Å². The number of allylic oxidation sites excluding steroid dienone is 2. The molecule has 0 spiro atoms. The van der Waals surface area contributed by atoms with Gasteiger partial charge >= 0.3 is 6.09 Å². The van der Waals surface area contributed by atoms with E-state index in [9.17, 15) is 9.59 Å². The fourth-order valence-electron chi connectivity index (χ4n) is 2.44. The molecule has 0 aromatic heterocycles. The van der Waals surface area contributed by atoms with E-state index in [0.29, 0.717) is 13.1 Å². The largest absolute Gasteiger partial charge is 0.449 e. The van der Waals surface area contributed by atoms with Gasteiger partial charge in [-0.05, 0) is 26.9 Å². The van der Waals surface area contributed by atoms with Crippen LogP contribution >= 0.6 is 0 Å². The van der Waals surface area contributed by atoms with Gasteiger partial charge in [0.05, 0.1) is 13.3 Å². The molecule has 0 aliphatic heterocycles. The van der Waals surface area contributed by atoms with Crippen LogP contribution in [-0.4, -0.2) is 75.2 Å². The summed E-state index contributed by atoms with van der Waals surface area (Å²) < 4.78 is 5.26. The van der Waals surface area contributed by atoms with Crippen molar-refractivity contribution in [2.45, 2.75) is 26.7 Å². The number of carbonyl (C=O) groups excluding carboxylic acids is 2. The van der Waals surface area contributed by atoms with Gasteiger partial charge in [-0.15, -0.1) is 0 Å². The fraction of sp³-hybridized carbons (Fsp3) is 0.765. The van der Waals surface area contributed by atoms with Gasteiger partial charge in [-0.3, -0.25) is 9.69 Å². The van der Waals surface area contributed by atoms with E-state index in [4.69, 9.17) is 4.74 Å². The predicted octanol–water partition coefficient (Wildman–Crippen LogP) is 2.27. The van der Waals surface area contributed by atoms with Crippen molar-refractivity contribution in [3.63, 3.8) is 0 Å². The molecule has 134 valence electrons. The molecule has 6 nitrogen and oxygen atoms in total. The Labute approximate surface area is 141 Å². The van der Waals surface area contributed by atoms with E-state index < -0.39 is 0 Å². The van der Waals surface area contributed by atoms with Crippen molar-refractivity contribution < 1.29 is 14.3 Å². The maximum atomic E-state index is 12.5. The first-order chi connectivity index (χ1) is 10.8. The predicted molar refractivity (Wildman–Crippen MR) is 93.1 cm³/mol. The van der Waals surface area contributed by atoms with Crippen LogP contribution in [0.2, 0.25) is 0 Å². The minimum absolute atomic E-state index is 0.0519. The highest BCUT2D eigenvalue weighted by Gasteiger charge is 2.32. The first-order valence-electron chi connectivity index (χ1n) is 8.21. The van der Waals surface area contributed by atoms with E-state index in [0.717, 1.165) is 6.42 Å². The lowest BCUT2D eigenvalue weighted by Crippen LogP contribution is -2.42. The van der Waals surface area contributed by atoms with Crippen molar-refractivity contribution in [2.24, 2.45) is 11.8 Å². The van der Waals surface area contributed by atoms with E-state index in [1.54, 1.807) is 19.0 Å². The molecule has 2 atom stereocenters. The summed E-state index contributed by atoms with van der Waals surface area (Å²) in [5.41, 5.74) is 0. The Bertz CT molecular complexity index is 395. The van der Waals surface area contributed by atoms with Gasteiger partial charge in [0, 0.05) is 33.0 Å². The van der Waals surface area contributed by atoms with Crippen LogP contribution in [0.4, 0.5) is 4.79 Å². The number of nitrogens with zero attached hydrogens (tertiary/aromatic N) is 3. The topological polar surface area (TPSA) is 53.1 Å². The number of rotatable bonds is 5. The van der Waals surface area contributed by atoms with E-state index in [1.807, 2.05) is 46.0 Å². The molecule has 0 N–H and O–H groups in total. The second kappa shape index (κ2) is 11.0. The second-order valence-electron chi connectivity index (χ2n) is 6.04. The van der Waals surface area contributed by atoms with Crippen molar-refractivity contribution in [1.82, 2.24) is 14.7 Å². The minimum Gasteiger partial charge on any atom is -0.449 e. The number of hydrogen-bond acceptors (Lipinski definition) is 4. The molecule has 1 aliphatic carbocycles. The van der Waals surface area contributed by atoms with Crippen LogP contribution in [0.15, 0.2) is 12.2 Å². The van der Waals surface area contributed by atoms with Crippen molar-refractivity contribution in [2.75, 3.05) is 48.5 Å². The summed E-state index contributed by atoms with van der Waals surface area (Å²) >= 11 is 0. The monoisotopic (exact) mass is 327 g/mol. The maximum absolute atomic E-state index is 12.5. The van der Waals surface area contributed by atoms with Crippen LogP contribution in [0.25, 0.3) is 0 Å². The molecular weight excluding hydrogens is 294 g/mol. The molecule has 0 saturated heterocycles. The van der Waals surface area contributed by atoms with E-state index in [1.165, 1.54) is 4.90 Å². The van der Waals surface area contributed by atoms with Gasteiger partial charge in [0.15, 0.2) is 0 Å². The Balaban J connectivity index is 0.00000232. The summed E-state index contributed by atoms with van der Waals surface area (Å²) in [6, 6.07) is 0. The SMILES string of the molecule is CC.CN(C)CN(C)C(=O)C1CC=CCC1COC(=O)N(C)C. The highest BCUT2D eigenvalue weighted by molar-refractivity contribution is 5.79. The summed E-state index contributed by atoms with van der Waals surface area (Å²) in [4.78, 5) is 29.1. The number of hydrogen-bond donors (Lipinski definition) is 0. The minimum atomic E-state index is -0.364. The molecule has 1 aliphatic rings. The summed E-state index contributed by atoms with van der Waals surface area (Å²) in [5, 5.41) is 0. The average molecular weight is 327 g/mol. The van der Waals surface area contributed by atoms with Crippen LogP contribution in [0.5, 0.6) is 0 Å². The molecule has 2 amide bonds. The molecule has 23 heavy (non-hydrogen) atoms. The third-order valence-corrected chi connectivity index (χ3v) is 3.54. The van der Waals surface area contributed by atoms with Gasteiger partial charge in [-0.25, -0.2) is 4.79 Å². The quantitative estimate of drug-likeness (QED) is 0.574. The Morgan fingerprint density at radius 2 is 1.61 bits per heavy atom. The first-order valence-corrected chi connectivity index (χ1v) is 8.21. The Morgan fingerprint density at radius 3 is 2.13 bits per heavy atom. The molecule has 0 aromatic carbocycles. The molecule has 2 unspecified atom stereocenters. The molecule has 0 bridgehead atoms. The highest BCUT2D eigenvalue weighted by Crippen LogP contribution is 2.27. The van der Waals surface area contributed by atoms with E-state index in [-0.39, 0.29) is 30.4 Å². The van der Waals surface area contributed by atoms with E-state index in [2.05, 4.69) is 6.08 Å². The zero-order valence-corrected chi connectivity index (χ0v) is 15.7. The van der Waals surface area contributed by atoms with Gasteiger partial charge in [-0.1, -0.05) is 26.0 Å². The Morgan fingerprint density at radius 1 is 1.04 bits per heavy atom. The molecule has 6 heteroatoms. The first kappa shape index (κ1) is 21.4. The van der Waals surface area contributed by atoms with Crippen molar-refractivity contribution in [3.05, 3.63) is 12.2 Å². The molecule has 0 radical (unpaired) electrons. The van der Waals surface area contributed by atoms with Crippen molar-refractivity contribution in [1.29, 1.82) is 0 Å². The van der Waals surface area contributed by atoms with Crippen LogP contribution in [0, 0.1) is 11.8 Å². The van der Waals surface area contributed by atoms with Gasteiger partial charge in [0.2, 0.25) is 5.91 Å². The molecular formula is C17H33N3O3.